The number of hydrogen-bond acceptors (Lipinski definition) is 3. The summed E-state index contributed by atoms with van der Waals surface area (Å²) in [4.78, 5) is 14.1. The second kappa shape index (κ2) is 8.42. The van der Waals surface area contributed by atoms with E-state index in [1.165, 1.54) is 0 Å². The number of rotatable bonds is 5. The third-order valence-corrected chi connectivity index (χ3v) is 3.65. The number of nitrogens with one attached hydrogen (secondary N) is 1. The molecular weight excluding hydrogens is 264 g/mol. The molecule has 0 aromatic heterocycles. The third-order valence-electron chi connectivity index (χ3n) is 3.65. The highest BCUT2D eigenvalue weighted by Crippen LogP contribution is 2.16. The molecule has 122 valence electrons. The summed E-state index contributed by atoms with van der Waals surface area (Å²) in [6.07, 6.45) is 7.22. The predicted octanol–water partition coefficient (Wildman–Crippen LogP) is 3.72. The van der Waals surface area contributed by atoms with Gasteiger partial charge in [-0.15, -0.1) is 6.58 Å². The van der Waals surface area contributed by atoms with Crippen molar-refractivity contribution in [1.29, 1.82) is 0 Å². The minimum absolute atomic E-state index is 0.185. The monoisotopic (exact) mass is 296 g/mol. The fourth-order valence-electron chi connectivity index (χ4n) is 2.62. The molecule has 4 nitrogen and oxygen atoms in total. The van der Waals surface area contributed by atoms with E-state index in [1.807, 2.05) is 31.7 Å². The molecule has 0 saturated carbocycles. The Kier molecular flexibility index (Phi) is 7.23. The SMILES string of the molecule is C=CCCC(C)NC1CCCCN(C(=O)OC(C)(C)C)C1. The maximum Gasteiger partial charge on any atom is 0.410 e. The van der Waals surface area contributed by atoms with E-state index in [9.17, 15) is 4.79 Å². The van der Waals surface area contributed by atoms with Gasteiger partial charge < -0.3 is 15.0 Å². The first kappa shape index (κ1) is 18.0. The molecule has 4 heteroatoms. The molecule has 0 aromatic rings. The van der Waals surface area contributed by atoms with Crippen LogP contribution in [0.15, 0.2) is 12.7 Å². The molecule has 1 N–H and O–H groups in total. The van der Waals surface area contributed by atoms with Crippen LogP contribution in [0.4, 0.5) is 4.79 Å². The molecule has 0 aromatic carbocycles. The Balaban J connectivity index is 2.51. The zero-order valence-corrected chi connectivity index (χ0v) is 14.2. The lowest BCUT2D eigenvalue weighted by molar-refractivity contribution is 0.0242. The first-order valence-corrected chi connectivity index (χ1v) is 8.16. The van der Waals surface area contributed by atoms with Gasteiger partial charge in [0.15, 0.2) is 0 Å². The van der Waals surface area contributed by atoms with E-state index in [4.69, 9.17) is 4.74 Å². The normalized spacial score (nSPS) is 21.5. The van der Waals surface area contributed by atoms with Crippen LogP contribution in [-0.4, -0.2) is 41.8 Å². The van der Waals surface area contributed by atoms with Gasteiger partial charge in [0, 0.05) is 25.2 Å². The predicted molar refractivity (Wildman–Crippen MR) is 87.5 cm³/mol. The molecule has 1 heterocycles. The number of hydrogen-bond donors (Lipinski definition) is 1. The van der Waals surface area contributed by atoms with Crippen molar-refractivity contribution in [3.8, 4) is 0 Å². The smallest absolute Gasteiger partial charge is 0.410 e. The van der Waals surface area contributed by atoms with Crippen molar-refractivity contribution in [2.75, 3.05) is 13.1 Å². The first-order valence-electron chi connectivity index (χ1n) is 8.16. The second-order valence-electron chi connectivity index (χ2n) is 7.05. The fraction of sp³-hybridized carbons (Fsp3) is 0.824. The van der Waals surface area contributed by atoms with Gasteiger partial charge in [-0.3, -0.25) is 0 Å². The average molecular weight is 296 g/mol. The van der Waals surface area contributed by atoms with E-state index in [0.717, 1.165) is 45.2 Å². The van der Waals surface area contributed by atoms with Gasteiger partial charge in [0.1, 0.15) is 5.60 Å². The van der Waals surface area contributed by atoms with E-state index in [-0.39, 0.29) is 6.09 Å². The summed E-state index contributed by atoms with van der Waals surface area (Å²) in [5.41, 5.74) is -0.427. The summed E-state index contributed by atoms with van der Waals surface area (Å²) in [5.74, 6) is 0. The zero-order valence-electron chi connectivity index (χ0n) is 14.2. The topological polar surface area (TPSA) is 41.6 Å². The number of amides is 1. The Morgan fingerprint density at radius 3 is 2.81 bits per heavy atom. The molecule has 0 aliphatic carbocycles. The van der Waals surface area contributed by atoms with Crippen LogP contribution in [0.3, 0.4) is 0 Å². The summed E-state index contributed by atoms with van der Waals surface area (Å²) < 4.78 is 5.50. The molecule has 2 atom stereocenters. The Hall–Kier alpha value is -1.03. The van der Waals surface area contributed by atoms with Gasteiger partial charge in [0.05, 0.1) is 0 Å². The maximum atomic E-state index is 12.2. The molecule has 1 saturated heterocycles. The van der Waals surface area contributed by atoms with Crippen molar-refractivity contribution in [2.24, 2.45) is 0 Å². The summed E-state index contributed by atoms with van der Waals surface area (Å²) in [7, 11) is 0. The van der Waals surface area contributed by atoms with Gasteiger partial charge >= 0.3 is 6.09 Å². The van der Waals surface area contributed by atoms with Crippen molar-refractivity contribution in [2.45, 2.75) is 77.5 Å². The van der Waals surface area contributed by atoms with Crippen LogP contribution in [0.1, 0.15) is 59.8 Å². The Morgan fingerprint density at radius 2 is 2.19 bits per heavy atom. The summed E-state index contributed by atoms with van der Waals surface area (Å²) in [6.45, 7) is 13.2. The largest absolute Gasteiger partial charge is 0.444 e. The van der Waals surface area contributed by atoms with Crippen molar-refractivity contribution in [3.05, 3.63) is 12.7 Å². The third kappa shape index (κ3) is 7.51. The van der Waals surface area contributed by atoms with Crippen molar-refractivity contribution in [3.63, 3.8) is 0 Å². The van der Waals surface area contributed by atoms with E-state index in [0.29, 0.717) is 12.1 Å². The Morgan fingerprint density at radius 1 is 1.48 bits per heavy atom. The van der Waals surface area contributed by atoms with Crippen LogP contribution in [0.5, 0.6) is 0 Å². The highest BCUT2D eigenvalue weighted by Gasteiger charge is 2.26. The summed E-state index contributed by atoms with van der Waals surface area (Å²) in [5, 5.41) is 3.64. The standard InChI is InChI=1S/C17H32N2O2/c1-6-7-10-14(2)18-15-11-8-9-12-19(13-15)16(20)21-17(3,4)5/h6,14-15,18H,1,7-13H2,2-5H3. The maximum absolute atomic E-state index is 12.2. The Bertz CT molecular complexity index is 336. The quantitative estimate of drug-likeness (QED) is 0.786. The molecule has 1 amide bonds. The van der Waals surface area contributed by atoms with E-state index >= 15 is 0 Å². The van der Waals surface area contributed by atoms with Gasteiger partial charge in [0.25, 0.3) is 0 Å². The molecule has 1 fully saturated rings. The summed E-state index contributed by atoms with van der Waals surface area (Å²) in [6, 6.07) is 0.812. The molecule has 0 spiro atoms. The van der Waals surface area contributed by atoms with Crippen LogP contribution in [-0.2, 0) is 4.74 Å². The molecular formula is C17H32N2O2. The van der Waals surface area contributed by atoms with Crippen LogP contribution < -0.4 is 5.32 Å². The van der Waals surface area contributed by atoms with Crippen LogP contribution in [0.2, 0.25) is 0 Å². The minimum atomic E-state index is -0.427. The van der Waals surface area contributed by atoms with Crippen molar-refractivity contribution < 1.29 is 9.53 Å². The van der Waals surface area contributed by atoms with Crippen LogP contribution >= 0.6 is 0 Å². The number of ether oxygens (including phenoxy) is 1. The molecule has 1 aliphatic rings. The molecule has 2 unspecified atom stereocenters. The lowest BCUT2D eigenvalue weighted by Crippen LogP contribution is -2.46. The summed E-state index contributed by atoms with van der Waals surface area (Å²) >= 11 is 0. The van der Waals surface area contributed by atoms with Gasteiger partial charge in [-0.1, -0.05) is 12.5 Å². The Labute approximate surface area is 129 Å². The molecule has 0 bridgehead atoms. The van der Waals surface area contributed by atoms with Gasteiger partial charge in [-0.2, -0.15) is 0 Å². The lowest BCUT2D eigenvalue weighted by Gasteiger charge is -2.29. The lowest BCUT2D eigenvalue weighted by atomic mass is 10.1. The van der Waals surface area contributed by atoms with Gasteiger partial charge in [-0.05, 0) is 53.4 Å². The molecule has 1 rings (SSSR count). The van der Waals surface area contributed by atoms with Gasteiger partial charge in [-0.25, -0.2) is 4.79 Å². The van der Waals surface area contributed by atoms with E-state index in [2.05, 4.69) is 18.8 Å². The average Bonchev–Trinajstić information content (AvgIpc) is 2.60. The van der Waals surface area contributed by atoms with Crippen LogP contribution in [0, 0.1) is 0 Å². The second-order valence-corrected chi connectivity index (χ2v) is 7.05. The minimum Gasteiger partial charge on any atom is -0.444 e. The molecule has 1 aliphatic heterocycles. The highest BCUT2D eigenvalue weighted by molar-refractivity contribution is 5.68. The zero-order chi connectivity index (χ0) is 15.9. The molecule has 21 heavy (non-hydrogen) atoms. The molecule has 0 radical (unpaired) electrons. The van der Waals surface area contributed by atoms with Crippen LogP contribution in [0.25, 0.3) is 0 Å². The van der Waals surface area contributed by atoms with E-state index in [1.54, 1.807) is 0 Å². The number of carbonyl (C=O) groups excluding carboxylic acids is 1. The first-order chi connectivity index (χ1) is 9.81. The highest BCUT2D eigenvalue weighted by atomic mass is 16.6. The van der Waals surface area contributed by atoms with Gasteiger partial charge in [0.2, 0.25) is 0 Å². The number of allylic oxidation sites excluding steroid dienone is 1. The van der Waals surface area contributed by atoms with E-state index < -0.39 is 5.60 Å². The fourth-order valence-corrected chi connectivity index (χ4v) is 2.62. The van der Waals surface area contributed by atoms with Crippen molar-refractivity contribution >= 4 is 6.09 Å². The number of nitrogens with zero attached hydrogens (tertiary/aromatic N) is 1. The number of carbonyl (C=O) groups is 1. The van der Waals surface area contributed by atoms with Crippen molar-refractivity contribution in [1.82, 2.24) is 10.2 Å². The number of likely N-dealkylation sites (tertiary alicyclic amines) is 1.